The van der Waals surface area contributed by atoms with Gasteiger partial charge in [0.15, 0.2) is 0 Å². The van der Waals surface area contributed by atoms with Gasteiger partial charge in [0.1, 0.15) is 5.75 Å². The largest absolute Gasteiger partial charge is 0.493 e. The molecule has 1 atom stereocenters. The molecule has 0 radical (unpaired) electrons. The first-order valence-corrected chi connectivity index (χ1v) is 7.08. The minimum absolute atomic E-state index is 0.0727. The van der Waals surface area contributed by atoms with E-state index in [1.165, 1.54) is 0 Å². The molecule has 2 rings (SSSR count). The Bertz CT molecular complexity index is 516. The third-order valence-electron chi connectivity index (χ3n) is 3.04. The van der Waals surface area contributed by atoms with Crippen LogP contribution in [0.1, 0.15) is 37.4 Å². The van der Waals surface area contributed by atoms with Gasteiger partial charge in [0.25, 0.3) is 0 Å². The fourth-order valence-electron chi connectivity index (χ4n) is 2.15. The lowest BCUT2D eigenvalue weighted by atomic mass is 9.99. The maximum Gasteiger partial charge on any atom is 0.124 e. The van der Waals surface area contributed by atoms with Crippen LogP contribution < -0.4 is 10.1 Å². The summed E-state index contributed by atoms with van der Waals surface area (Å²) in [5.74, 6) is 0.928. The number of nitrogens with zero attached hydrogens (tertiary/aromatic N) is 2. The Hall–Kier alpha value is -1.94. The molecule has 106 valence electrons. The minimum Gasteiger partial charge on any atom is -0.493 e. The summed E-state index contributed by atoms with van der Waals surface area (Å²) in [5.41, 5.74) is 2.23. The van der Waals surface area contributed by atoms with E-state index in [-0.39, 0.29) is 6.04 Å². The zero-order chi connectivity index (χ0) is 14.2. The molecule has 0 fully saturated rings. The molecule has 1 aromatic heterocycles. The van der Waals surface area contributed by atoms with Crippen LogP contribution >= 0.6 is 0 Å². The summed E-state index contributed by atoms with van der Waals surface area (Å²) in [5, 5.41) is 11.3. The average Bonchev–Trinajstić information content (AvgIpc) is 2.52. The molecule has 0 saturated heterocycles. The molecule has 0 bridgehead atoms. The van der Waals surface area contributed by atoms with Crippen LogP contribution in [0.3, 0.4) is 0 Å². The number of ether oxygens (including phenoxy) is 1. The summed E-state index contributed by atoms with van der Waals surface area (Å²) in [6, 6.07) is 10.2. The Morgan fingerprint density at radius 3 is 2.70 bits per heavy atom. The summed E-state index contributed by atoms with van der Waals surface area (Å²) in [4.78, 5) is 0. The number of rotatable bonds is 7. The van der Waals surface area contributed by atoms with Crippen LogP contribution in [0.25, 0.3) is 0 Å². The van der Waals surface area contributed by atoms with Gasteiger partial charge in [0, 0.05) is 11.8 Å². The van der Waals surface area contributed by atoms with Crippen molar-refractivity contribution in [3.8, 4) is 5.75 Å². The molecule has 0 aliphatic heterocycles. The van der Waals surface area contributed by atoms with Crippen molar-refractivity contribution in [3.63, 3.8) is 0 Å². The third kappa shape index (κ3) is 3.54. The highest BCUT2D eigenvalue weighted by Gasteiger charge is 2.17. The van der Waals surface area contributed by atoms with Crippen molar-refractivity contribution >= 4 is 0 Å². The zero-order valence-electron chi connectivity index (χ0n) is 12.0. The van der Waals surface area contributed by atoms with E-state index in [2.05, 4.69) is 35.4 Å². The lowest BCUT2D eigenvalue weighted by Crippen LogP contribution is -2.23. The van der Waals surface area contributed by atoms with Crippen LogP contribution in [-0.2, 0) is 0 Å². The lowest BCUT2D eigenvalue weighted by Gasteiger charge is -2.21. The van der Waals surface area contributed by atoms with Gasteiger partial charge in [-0.25, -0.2) is 0 Å². The van der Waals surface area contributed by atoms with E-state index in [0.29, 0.717) is 0 Å². The Labute approximate surface area is 120 Å². The number of nitrogens with one attached hydrogen (secondary N) is 1. The van der Waals surface area contributed by atoms with Crippen LogP contribution in [0.2, 0.25) is 0 Å². The molecule has 4 nitrogen and oxygen atoms in total. The molecule has 1 aromatic carbocycles. The van der Waals surface area contributed by atoms with Crippen LogP contribution in [0.15, 0.2) is 42.7 Å². The molecular weight excluding hydrogens is 250 g/mol. The predicted octanol–water partition coefficient (Wildman–Crippen LogP) is 2.96. The summed E-state index contributed by atoms with van der Waals surface area (Å²) in [6.07, 6.45) is 4.51. The molecule has 0 spiro atoms. The van der Waals surface area contributed by atoms with Crippen molar-refractivity contribution in [1.82, 2.24) is 15.5 Å². The zero-order valence-corrected chi connectivity index (χ0v) is 12.0. The van der Waals surface area contributed by atoms with Gasteiger partial charge >= 0.3 is 0 Å². The van der Waals surface area contributed by atoms with Gasteiger partial charge in [-0.3, -0.25) is 0 Å². The molecule has 0 saturated carbocycles. The molecule has 0 aliphatic rings. The van der Waals surface area contributed by atoms with Gasteiger partial charge in [-0.1, -0.05) is 32.0 Å². The van der Waals surface area contributed by atoms with E-state index in [9.17, 15) is 0 Å². The molecular formula is C16H21N3O. The van der Waals surface area contributed by atoms with Crippen LogP contribution in [-0.4, -0.2) is 23.3 Å². The van der Waals surface area contributed by atoms with Crippen molar-refractivity contribution < 1.29 is 4.74 Å². The highest BCUT2D eigenvalue weighted by atomic mass is 16.5. The van der Waals surface area contributed by atoms with E-state index in [1.807, 2.05) is 24.3 Å². The second kappa shape index (κ2) is 7.60. The first kappa shape index (κ1) is 14.5. The van der Waals surface area contributed by atoms with Crippen molar-refractivity contribution in [2.24, 2.45) is 0 Å². The number of aromatic nitrogens is 2. The van der Waals surface area contributed by atoms with E-state index in [1.54, 1.807) is 12.4 Å². The summed E-state index contributed by atoms with van der Waals surface area (Å²) in [7, 11) is 0. The normalized spacial score (nSPS) is 12.1. The number of benzene rings is 1. The van der Waals surface area contributed by atoms with E-state index in [4.69, 9.17) is 4.74 Å². The fourth-order valence-corrected chi connectivity index (χ4v) is 2.15. The Balaban J connectivity index is 2.34. The van der Waals surface area contributed by atoms with Gasteiger partial charge in [-0.15, -0.1) is 0 Å². The molecule has 0 aliphatic carbocycles. The van der Waals surface area contributed by atoms with E-state index >= 15 is 0 Å². The van der Waals surface area contributed by atoms with Gasteiger partial charge in [0.2, 0.25) is 0 Å². The molecule has 20 heavy (non-hydrogen) atoms. The third-order valence-corrected chi connectivity index (χ3v) is 3.04. The summed E-state index contributed by atoms with van der Waals surface area (Å²) < 4.78 is 5.86. The SMILES string of the molecule is CCCOc1ccccc1C(NCC)c1ccnnc1. The topological polar surface area (TPSA) is 47.0 Å². The van der Waals surface area contributed by atoms with Gasteiger partial charge in [-0.05, 0) is 30.7 Å². The standard InChI is InChI=1S/C16H21N3O/c1-3-11-20-15-8-6-5-7-14(15)16(17-4-2)13-9-10-18-19-12-13/h5-10,12,16-17H,3-4,11H2,1-2H3. The highest BCUT2D eigenvalue weighted by molar-refractivity contribution is 5.40. The van der Waals surface area contributed by atoms with Gasteiger partial charge < -0.3 is 10.1 Å². The van der Waals surface area contributed by atoms with Crippen LogP contribution in [0.4, 0.5) is 0 Å². The monoisotopic (exact) mass is 271 g/mol. The Kier molecular flexibility index (Phi) is 5.50. The molecule has 1 N–H and O–H groups in total. The number of hydrogen-bond donors (Lipinski definition) is 1. The van der Waals surface area contributed by atoms with E-state index < -0.39 is 0 Å². The van der Waals surface area contributed by atoms with Crippen LogP contribution in [0, 0.1) is 0 Å². The van der Waals surface area contributed by atoms with Gasteiger partial charge in [0.05, 0.1) is 18.8 Å². The fraction of sp³-hybridized carbons (Fsp3) is 0.375. The number of hydrogen-bond acceptors (Lipinski definition) is 4. The average molecular weight is 271 g/mol. The summed E-state index contributed by atoms with van der Waals surface area (Å²) in [6.45, 7) is 5.80. The maximum atomic E-state index is 5.86. The second-order valence-electron chi connectivity index (χ2n) is 4.55. The summed E-state index contributed by atoms with van der Waals surface area (Å²) >= 11 is 0. The molecule has 2 aromatic rings. The number of para-hydroxylation sites is 1. The van der Waals surface area contributed by atoms with Crippen molar-refractivity contribution in [2.45, 2.75) is 26.3 Å². The van der Waals surface area contributed by atoms with Crippen molar-refractivity contribution in [3.05, 3.63) is 53.9 Å². The van der Waals surface area contributed by atoms with E-state index in [0.717, 1.165) is 36.4 Å². The van der Waals surface area contributed by atoms with Gasteiger partial charge in [-0.2, -0.15) is 10.2 Å². The predicted molar refractivity (Wildman–Crippen MR) is 79.8 cm³/mol. The second-order valence-corrected chi connectivity index (χ2v) is 4.55. The molecule has 0 amide bonds. The Morgan fingerprint density at radius 1 is 1.15 bits per heavy atom. The molecule has 1 heterocycles. The smallest absolute Gasteiger partial charge is 0.124 e. The highest BCUT2D eigenvalue weighted by Crippen LogP contribution is 2.29. The molecule has 4 heteroatoms. The van der Waals surface area contributed by atoms with Crippen molar-refractivity contribution in [2.75, 3.05) is 13.2 Å². The minimum atomic E-state index is 0.0727. The van der Waals surface area contributed by atoms with Crippen LogP contribution in [0.5, 0.6) is 5.75 Å². The maximum absolute atomic E-state index is 5.86. The lowest BCUT2D eigenvalue weighted by molar-refractivity contribution is 0.312. The Morgan fingerprint density at radius 2 is 2.00 bits per heavy atom. The first-order chi connectivity index (χ1) is 9.86. The first-order valence-electron chi connectivity index (χ1n) is 7.08. The quantitative estimate of drug-likeness (QED) is 0.841. The molecule has 1 unspecified atom stereocenters. The van der Waals surface area contributed by atoms with Crippen molar-refractivity contribution in [1.29, 1.82) is 0 Å².